The number of aromatic amines is 1. The maximum absolute atomic E-state index is 13.7. The van der Waals surface area contributed by atoms with Crippen LogP contribution in [0.3, 0.4) is 0 Å². The molecular formula is C40H50N4O3. The van der Waals surface area contributed by atoms with Crippen molar-refractivity contribution in [1.82, 2.24) is 15.3 Å². The zero-order chi connectivity index (χ0) is 33.0. The van der Waals surface area contributed by atoms with Crippen molar-refractivity contribution in [3.8, 4) is 0 Å². The molecule has 1 aliphatic rings. The minimum atomic E-state index is -0.284. The van der Waals surface area contributed by atoms with Gasteiger partial charge in [0.05, 0.1) is 37.4 Å². The van der Waals surface area contributed by atoms with Gasteiger partial charge in [0.15, 0.2) is 0 Å². The highest BCUT2D eigenvalue weighted by Crippen LogP contribution is 2.28. The van der Waals surface area contributed by atoms with Gasteiger partial charge in [-0.05, 0) is 99.1 Å². The molecule has 0 radical (unpaired) electrons. The molecule has 2 unspecified atom stereocenters. The van der Waals surface area contributed by atoms with E-state index in [0.717, 1.165) is 73.4 Å². The average Bonchev–Trinajstić information content (AvgIpc) is 3.51. The number of hydrogen-bond donors (Lipinski definition) is 2. The number of rotatable bonds is 12. The Kier molecular flexibility index (Phi) is 12.3. The number of carbonyl (C=O) groups is 1. The zero-order valence-corrected chi connectivity index (χ0v) is 28.4. The third kappa shape index (κ3) is 9.35. The number of anilines is 1. The molecule has 7 heteroatoms. The number of imidazole rings is 1. The summed E-state index contributed by atoms with van der Waals surface area (Å²) in [5.41, 5.74) is 7.51. The first kappa shape index (κ1) is 34.0. The number of carbonyl (C=O) groups excluding carboxylic acids is 1. The molecule has 0 aliphatic carbocycles. The van der Waals surface area contributed by atoms with Gasteiger partial charge in [-0.2, -0.15) is 0 Å². The fraction of sp³-hybridized carbons (Fsp3) is 0.400. The van der Waals surface area contributed by atoms with E-state index < -0.39 is 0 Å². The Morgan fingerprint density at radius 2 is 1.89 bits per heavy atom. The quantitative estimate of drug-likeness (QED) is 0.153. The summed E-state index contributed by atoms with van der Waals surface area (Å²) in [6.07, 6.45) is 13.4. The van der Waals surface area contributed by atoms with E-state index in [-0.39, 0.29) is 18.0 Å². The van der Waals surface area contributed by atoms with Crippen molar-refractivity contribution >= 4 is 22.6 Å². The Hall–Kier alpha value is -4.36. The fourth-order valence-corrected chi connectivity index (χ4v) is 6.16. The van der Waals surface area contributed by atoms with Crippen LogP contribution in [0.5, 0.6) is 0 Å². The van der Waals surface area contributed by atoms with E-state index in [1.165, 1.54) is 23.1 Å². The molecule has 0 bridgehead atoms. The lowest BCUT2D eigenvalue weighted by Gasteiger charge is -2.33. The number of fused-ring (bicyclic) bond motifs is 1. The molecule has 47 heavy (non-hydrogen) atoms. The third-order valence-corrected chi connectivity index (χ3v) is 8.98. The summed E-state index contributed by atoms with van der Waals surface area (Å²) >= 11 is 0. The van der Waals surface area contributed by atoms with Crippen LogP contribution in [-0.2, 0) is 28.7 Å². The van der Waals surface area contributed by atoms with Gasteiger partial charge in [0, 0.05) is 23.8 Å². The Morgan fingerprint density at radius 3 is 2.70 bits per heavy atom. The van der Waals surface area contributed by atoms with E-state index in [1.807, 2.05) is 31.2 Å². The number of unbranched alkanes of at least 4 members (excludes halogenated alkanes) is 2. The van der Waals surface area contributed by atoms with Crippen molar-refractivity contribution in [2.45, 2.75) is 77.8 Å². The Balaban J connectivity index is 1.32. The molecule has 1 aliphatic heterocycles. The number of amides is 1. The number of methoxy groups -OCH3 is 1. The number of nitrogens with one attached hydrogen (secondary N) is 2. The van der Waals surface area contributed by atoms with Crippen LogP contribution in [0.15, 0.2) is 90.7 Å². The Bertz CT molecular complexity index is 1660. The van der Waals surface area contributed by atoms with Crippen molar-refractivity contribution in [2.24, 2.45) is 0 Å². The van der Waals surface area contributed by atoms with Gasteiger partial charge in [-0.25, -0.2) is 4.98 Å². The summed E-state index contributed by atoms with van der Waals surface area (Å²) in [6, 6.07) is 23.0. The van der Waals surface area contributed by atoms with Gasteiger partial charge in [-0.1, -0.05) is 68.3 Å². The molecule has 1 amide bonds. The molecule has 0 fully saturated rings. The SMILES string of the molecule is CCCCCc1ccc(C(=O)NC(C)c2nc3ccc(CCc4ccccc4)cc3[nH]2)cc1N1CCOC/C=C(OC)\C=C/CC1C. The molecule has 3 aromatic carbocycles. The van der Waals surface area contributed by atoms with Crippen LogP contribution in [0.4, 0.5) is 5.69 Å². The molecule has 5 rings (SSSR count). The summed E-state index contributed by atoms with van der Waals surface area (Å²) in [6.45, 7) is 8.26. The molecule has 0 spiro atoms. The number of benzene rings is 3. The predicted molar refractivity (Wildman–Crippen MR) is 192 cm³/mol. The topological polar surface area (TPSA) is 79.5 Å². The second-order valence-corrected chi connectivity index (χ2v) is 12.5. The monoisotopic (exact) mass is 634 g/mol. The molecule has 0 saturated heterocycles. The maximum Gasteiger partial charge on any atom is 0.251 e. The molecular weight excluding hydrogens is 584 g/mol. The van der Waals surface area contributed by atoms with E-state index in [9.17, 15) is 4.79 Å². The van der Waals surface area contributed by atoms with Gasteiger partial charge in [0.25, 0.3) is 5.91 Å². The molecule has 0 saturated carbocycles. The zero-order valence-electron chi connectivity index (χ0n) is 28.4. The van der Waals surface area contributed by atoms with Crippen LogP contribution in [0.2, 0.25) is 0 Å². The van der Waals surface area contributed by atoms with Crippen LogP contribution in [0.25, 0.3) is 11.0 Å². The first-order chi connectivity index (χ1) is 22.9. The average molecular weight is 635 g/mol. The highest BCUT2D eigenvalue weighted by Gasteiger charge is 2.21. The normalized spacial score (nSPS) is 18.2. The molecule has 2 atom stereocenters. The van der Waals surface area contributed by atoms with Crippen LogP contribution in [0, 0.1) is 0 Å². The molecule has 7 nitrogen and oxygen atoms in total. The lowest BCUT2D eigenvalue weighted by atomic mass is 10.00. The highest BCUT2D eigenvalue weighted by molar-refractivity contribution is 5.95. The number of aromatic nitrogens is 2. The van der Waals surface area contributed by atoms with Crippen molar-refractivity contribution in [3.63, 3.8) is 0 Å². The number of allylic oxidation sites excluding steroid dienone is 1. The molecule has 4 aromatic rings. The molecule has 1 aromatic heterocycles. The van der Waals surface area contributed by atoms with Gasteiger partial charge in [-0.15, -0.1) is 0 Å². The lowest BCUT2D eigenvalue weighted by Crippen LogP contribution is -2.37. The van der Waals surface area contributed by atoms with Crippen molar-refractivity contribution in [1.29, 1.82) is 0 Å². The standard InChI is InChI=1S/C40H50N4O3/c1-5-6-8-15-33-20-21-34(28-38(33)44-24-26-47-25-23-35(46-4)16-11-12-29(44)2)40(45)41-30(3)39-42-36-22-19-32(27-37(36)43-39)18-17-31-13-9-7-10-14-31/h7,9-11,13-14,16,19-23,27-30H,5-6,8,12,15,17-18,24-26H2,1-4H3,(H,41,45)(H,42,43)/b16-11-,35-23+. The Morgan fingerprint density at radius 1 is 1.06 bits per heavy atom. The first-order valence-electron chi connectivity index (χ1n) is 17.2. The molecule has 2 heterocycles. The van der Waals surface area contributed by atoms with Crippen molar-refractivity contribution in [2.75, 3.05) is 31.8 Å². The van der Waals surface area contributed by atoms with Crippen molar-refractivity contribution in [3.05, 3.63) is 119 Å². The maximum atomic E-state index is 13.7. The third-order valence-electron chi connectivity index (χ3n) is 8.98. The van der Waals surface area contributed by atoms with E-state index >= 15 is 0 Å². The lowest BCUT2D eigenvalue weighted by molar-refractivity contribution is 0.0938. The van der Waals surface area contributed by atoms with Gasteiger partial charge in [0.1, 0.15) is 11.6 Å². The van der Waals surface area contributed by atoms with Crippen LogP contribution >= 0.6 is 0 Å². The second-order valence-electron chi connectivity index (χ2n) is 12.5. The summed E-state index contributed by atoms with van der Waals surface area (Å²) in [5.74, 6) is 1.45. The summed E-state index contributed by atoms with van der Waals surface area (Å²) < 4.78 is 11.4. The predicted octanol–water partition coefficient (Wildman–Crippen LogP) is 8.27. The summed E-state index contributed by atoms with van der Waals surface area (Å²) in [5, 5.41) is 3.20. The fourth-order valence-electron chi connectivity index (χ4n) is 6.16. The minimum absolute atomic E-state index is 0.113. The summed E-state index contributed by atoms with van der Waals surface area (Å²) in [4.78, 5) is 24.4. The van der Waals surface area contributed by atoms with Gasteiger partial charge >= 0.3 is 0 Å². The Labute approximate surface area is 280 Å². The molecule has 2 N–H and O–H groups in total. The van der Waals surface area contributed by atoms with Crippen LogP contribution in [-0.4, -0.2) is 48.8 Å². The van der Waals surface area contributed by atoms with Gasteiger partial charge < -0.3 is 24.7 Å². The highest BCUT2D eigenvalue weighted by atomic mass is 16.5. The van der Waals surface area contributed by atoms with Gasteiger partial charge in [-0.3, -0.25) is 4.79 Å². The van der Waals surface area contributed by atoms with E-state index in [4.69, 9.17) is 14.5 Å². The second kappa shape index (κ2) is 17.0. The number of hydrogen-bond acceptors (Lipinski definition) is 5. The number of aryl methyl sites for hydroxylation is 3. The van der Waals surface area contributed by atoms with E-state index in [1.54, 1.807) is 7.11 Å². The van der Waals surface area contributed by atoms with E-state index in [0.29, 0.717) is 18.8 Å². The largest absolute Gasteiger partial charge is 0.497 e. The minimum Gasteiger partial charge on any atom is -0.497 e. The van der Waals surface area contributed by atoms with Crippen molar-refractivity contribution < 1.29 is 14.3 Å². The molecule has 248 valence electrons. The van der Waals surface area contributed by atoms with Crippen LogP contribution in [0.1, 0.15) is 85.4 Å². The van der Waals surface area contributed by atoms with E-state index in [2.05, 4.69) is 89.7 Å². The van der Waals surface area contributed by atoms with Crippen LogP contribution < -0.4 is 10.2 Å². The first-order valence-corrected chi connectivity index (χ1v) is 17.2. The number of nitrogens with zero attached hydrogens (tertiary/aromatic N) is 2. The number of ether oxygens (including phenoxy) is 2. The summed E-state index contributed by atoms with van der Waals surface area (Å²) in [7, 11) is 1.68. The number of H-pyrrole nitrogens is 1. The van der Waals surface area contributed by atoms with Gasteiger partial charge in [0.2, 0.25) is 0 Å². The smallest absolute Gasteiger partial charge is 0.251 e.